The summed E-state index contributed by atoms with van der Waals surface area (Å²) in [5.74, 6) is 0. The zero-order chi connectivity index (χ0) is 7.40. The van der Waals surface area contributed by atoms with Crippen LogP contribution >= 0.6 is 11.9 Å². The van der Waals surface area contributed by atoms with E-state index in [-0.39, 0.29) is 0 Å². The SMILES string of the molecule is [B]c1ccccc1SNC. The zero-order valence-electron chi connectivity index (χ0n) is 5.79. The fourth-order valence-electron chi connectivity index (χ4n) is 0.683. The number of nitrogens with one attached hydrogen (secondary N) is 1. The summed E-state index contributed by atoms with van der Waals surface area (Å²) >= 11 is 1.53. The van der Waals surface area contributed by atoms with Gasteiger partial charge in [0.15, 0.2) is 0 Å². The lowest BCUT2D eigenvalue weighted by Crippen LogP contribution is -2.07. The Labute approximate surface area is 66.8 Å². The molecule has 0 heterocycles. The highest BCUT2D eigenvalue weighted by Gasteiger charge is 1.92. The van der Waals surface area contributed by atoms with Crippen molar-refractivity contribution in [2.45, 2.75) is 4.90 Å². The van der Waals surface area contributed by atoms with E-state index >= 15 is 0 Å². The van der Waals surface area contributed by atoms with E-state index in [1.807, 2.05) is 31.3 Å². The molecule has 0 unspecified atom stereocenters. The molecule has 0 aliphatic heterocycles. The molecule has 0 aliphatic carbocycles. The normalized spacial score (nSPS) is 9.70. The van der Waals surface area contributed by atoms with Crippen LogP contribution in [0.3, 0.4) is 0 Å². The van der Waals surface area contributed by atoms with Crippen molar-refractivity contribution in [2.24, 2.45) is 0 Å². The second-order valence-corrected chi connectivity index (χ2v) is 2.90. The minimum Gasteiger partial charge on any atom is -0.263 e. The van der Waals surface area contributed by atoms with Gasteiger partial charge in [0.25, 0.3) is 0 Å². The molecule has 1 aromatic rings. The molecule has 0 bridgehead atoms. The highest BCUT2D eigenvalue weighted by atomic mass is 32.2. The summed E-state index contributed by atoms with van der Waals surface area (Å²) in [5, 5.41) is 0. The van der Waals surface area contributed by atoms with Gasteiger partial charge in [-0.05, 0) is 25.1 Å². The molecule has 0 amide bonds. The first-order chi connectivity index (χ1) is 4.84. The van der Waals surface area contributed by atoms with Gasteiger partial charge in [0.1, 0.15) is 7.85 Å². The van der Waals surface area contributed by atoms with Crippen LogP contribution in [0, 0.1) is 0 Å². The zero-order valence-corrected chi connectivity index (χ0v) is 6.61. The molecule has 2 radical (unpaired) electrons. The molecular weight excluding hydrogens is 141 g/mol. The van der Waals surface area contributed by atoms with E-state index in [4.69, 9.17) is 7.85 Å². The van der Waals surface area contributed by atoms with Crippen LogP contribution in [-0.2, 0) is 0 Å². The topological polar surface area (TPSA) is 12.0 Å². The third-order valence-corrected chi connectivity index (χ3v) is 1.93. The fraction of sp³-hybridized carbons (Fsp3) is 0.143. The summed E-state index contributed by atoms with van der Waals surface area (Å²) in [5.41, 5.74) is 0.821. The minimum absolute atomic E-state index is 0.821. The highest BCUT2D eigenvalue weighted by molar-refractivity contribution is 7.97. The van der Waals surface area contributed by atoms with Crippen molar-refractivity contribution in [1.82, 2.24) is 4.72 Å². The van der Waals surface area contributed by atoms with Gasteiger partial charge in [-0.2, -0.15) is 0 Å². The Morgan fingerprint density at radius 1 is 1.40 bits per heavy atom. The van der Waals surface area contributed by atoms with Gasteiger partial charge >= 0.3 is 0 Å². The summed E-state index contributed by atoms with van der Waals surface area (Å²) in [4.78, 5) is 1.07. The van der Waals surface area contributed by atoms with E-state index < -0.39 is 0 Å². The lowest BCUT2D eigenvalue weighted by molar-refractivity contribution is 1.28. The van der Waals surface area contributed by atoms with Crippen LogP contribution in [0.15, 0.2) is 29.2 Å². The average Bonchev–Trinajstić information content (AvgIpc) is 1.94. The van der Waals surface area contributed by atoms with E-state index in [2.05, 4.69) is 4.72 Å². The molecule has 1 aromatic carbocycles. The monoisotopic (exact) mass is 149 g/mol. The summed E-state index contributed by atoms with van der Waals surface area (Å²) in [7, 11) is 7.52. The molecule has 1 nitrogen and oxygen atoms in total. The lowest BCUT2D eigenvalue weighted by atomic mass is 9.97. The summed E-state index contributed by atoms with van der Waals surface area (Å²) in [6.45, 7) is 0. The van der Waals surface area contributed by atoms with Gasteiger partial charge in [-0.25, -0.2) is 0 Å². The van der Waals surface area contributed by atoms with E-state index in [9.17, 15) is 0 Å². The highest BCUT2D eigenvalue weighted by Crippen LogP contribution is 2.08. The predicted octanol–water partition coefficient (Wildman–Crippen LogP) is 0.707. The lowest BCUT2D eigenvalue weighted by Gasteiger charge is -2.01. The standard InChI is InChI=1S/C7H8BNS/c1-9-10-7-5-3-2-4-6(7)8/h2-5,9H,1H3. The second-order valence-electron chi connectivity index (χ2n) is 1.84. The van der Waals surface area contributed by atoms with E-state index in [0.717, 1.165) is 10.4 Å². The molecule has 3 heteroatoms. The Morgan fingerprint density at radius 3 is 2.70 bits per heavy atom. The summed E-state index contributed by atoms with van der Waals surface area (Å²) < 4.78 is 2.96. The first-order valence-electron chi connectivity index (χ1n) is 3.02. The molecule has 1 N–H and O–H groups in total. The molecule has 0 saturated heterocycles. The van der Waals surface area contributed by atoms with E-state index in [0.29, 0.717) is 0 Å². The van der Waals surface area contributed by atoms with E-state index in [1.165, 1.54) is 11.9 Å². The molecular formula is C7H8BNS. The molecule has 0 aliphatic rings. The van der Waals surface area contributed by atoms with Crippen LogP contribution in [0.1, 0.15) is 0 Å². The van der Waals surface area contributed by atoms with Gasteiger partial charge in [0.2, 0.25) is 0 Å². The van der Waals surface area contributed by atoms with Crippen molar-refractivity contribution in [3.05, 3.63) is 24.3 Å². The van der Waals surface area contributed by atoms with Crippen molar-refractivity contribution in [3.63, 3.8) is 0 Å². The molecule has 0 atom stereocenters. The van der Waals surface area contributed by atoms with Crippen molar-refractivity contribution in [3.8, 4) is 0 Å². The maximum absolute atomic E-state index is 5.65. The predicted molar refractivity (Wildman–Crippen MR) is 46.7 cm³/mol. The molecule has 0 fully saturated rings. The first kappa shape index (κ1) is 7.70. The van der Waals surface area contributed by atoms with Crippen molar-refractivity contribution in [1.29, 1.82) is 0 Å². The van der Waals surface area contributed by atoms with Crippen LogP contribution in [0.2, 0.25) is 0 Å². The Kier molecular flexibility index (Phi) is 2.84. The van der Waals surface area contributed by atoms with Crippen LogP contribution < -0.4 is 10.2 Å². The van der Waals surface area contributed by atoms with Gasteiger partial charge in [-0.3, -0.25) is 4.72 Å². The van der Waals surface area contributed by atoms with Gasteiger partial charge in [0, 0.05) is 4.90 Å². The Balaban J connectivity index is 2.81. The first-order valence-corrected chi connectivity index (χ1v) is 3.84. The molecule has 0 aromatic heterocycles. The smallest absolute Gasteiger partial charge is 0.115 e. The van der Waals surface area contributed by atoms with Crippen LogP contribution in [0.4, 0.5) is 0 Å². The maximum Gasteiger partial charge on any atom is 0.115 e. The number of rotatable bonds is 2. The molecule has 10 heavy (non-hydrogen) atoms. The number of benzene rings is 1. The van der Waals surface area contributed by atoms with E-state index in [1.54, 1.807) is 0 Å². The van der Waals surface area contributed by atoms with Crippen LogP contribution in [0.5, 0.6) is 0 Å². The number of hydrogen-bond donors (Lipinski definition) is 1. The molecule has 50 valence electrons. The fourth-order valence-corrected chi connectivity index (χ4v) is 1.24. The van der Waals surface area contributed by atoms with Crippen LogP contribution in [-0.4, -0.2) is 14.9 Å². The minimum atomic E-state index is 0.821. The second kappa shape index (κ2) is 3.69. The Morgan fingerprint density at radius 2 is 2.10 bits per heavy atom. The summed E-state index contributed by atoms with van der Waals surface area (Å²) in [6, 6.07) is 7.77. The quantitative estimate of drug-likeness (QED) is 0.490. The largest absolute Gasteiger partial charge is 0.263 e. The van der Waals surface area contributed by atoms with Crippen LogP contribution in [0.25, 0.3) is 0 Å². The maximum atomic E-state index is 5.65. The van der Waals surface area contributed by atoms with Crippen molar-refractivity contribution in [2.75, 3.05) is 7.05 Å². The molecule has 0 saturated carbocycles. The third kappa shape index (κ3) is 1.79. The van der Waals surface area contributed by atoms with Gasteiger partial charge < -0.3 is 0 Å². The molecule has 1 rings (SSSR count). The van der Waals surface area contributed by atoms with Gasteiger partial charge in [0.05, 0.1) is 0 Å². The Bertz CT molecular complexity index is 215. The Hall–Kier alpha value is -0.405. The van der Waals surface area contributed by atoms with Crippen molar-refractivity contribution >= 4 is 25.3 Å². The van der Waals surface area contributed by atoms with Gasteiger partial charge in [-0.15, -0.1) is 0 Å². The van der Waals surface area contributed by atoms with Crippen molar-refractivity contribution < 1.29 is 0 Å². The summed E-state index contributed by atoms with van der Waals surface area (Å²) in [6.07, 6.45) is 0. The third-order valence-electron chi connectivity index (χ3n) is 1.13. The van der Waals surface area contributed by atoms with Gasteiger partial charge in [-0.1, -0.05) is 23.7 Å². The average molecular weight is 149 g/mol. The molecule has 0 spiro atoms. The number of hydrogen-bond acceptors (Lipinski definition) is 2.